The molecule has 2 N–H and O–H groups in total. The highest BCUT2D eigenvalue weighted by atomic mass is 35.5. The summed E-state index contributed by atoms with van der Waals surface area (Å²) >= 11 is 5.92. The lowest BCUT2D eigenvalue weighted by atomic mass is 9.95. The Balaban J connectivity index is 1.96. The third-order valence-corrected chi connectivity index (χ3v) is 5.20. The highest BCUT2D eigenvalue weighted by molar-refractivity contribution is 6.51. The first-order chi connectivity index (χ1) is 14.8. The number of nitrogens with zero attached hydrogens (tertiary/aromatic N) is 2. The number of aromatic hydroxyl groups is 1. The number of rotatable bonds is 4. The van der Waals surface area contributed by atoms with Crippen molar-refractivity contribution < 1.29 is 29.1 Å². The van der Waals surface area contributed by atoms with Crippen LogP contribution in [0.5, 0.6) is 11.5 Å². The molecule has 9 heteroatoms. The number of phenolic OH excluding ortho intramolecular Hbond substituents is 1. The Kier molecular flexibility index (Phi) is 5.16. The number of halogens is 1. The number of amides is 1. The van der Waals surface area contributed by atoms with E-state index in [1.807, 2.05) is 0 Å². The first kappa shape index (κ1) is 20.5. The second kappa shape index (κ2) is 7.81. The Bertz CT molecular complexity index is 1210. The number of hydrogen-bond acceptors (Lipinski definition) is 7. The predicted molar refractivity (Wildman–Crippen MR) is 112 cm³/mol. The molecule has 1 aromatic heterocycles. The molecule has 1 aliphatic heterocycles. The number of methoxy groups -OCH3 is 1. The van der Waals surface area contributed by atoms with Crippen molar-refractivity contribution in [1.29, 1.82) is 0 Å². The molecule has 8 nitrogen and oxygen atoms in total. The fraction of sp³-hybridized carbons (Fsp3) is 0.136. The predicted octanol–water partition coefficient (Wildman–Crippen LogP) is 3.98. The fourth-order valence-corrected chi connectivity index (χ4v) is 3.60. The standard InChI is InChI=1S/C22H17ClN2O6/c1-11-9-17(24-31-11)25-19(13-5-8-15(26)16(10-13)30-2)18(21(28)22(25)29)20(27)12-3-6-14(23)7-4-12/h3-10,19,26-27H,1-2H3. The molecule has 0 bridgehead atoms. The summed E-state index contributed by atoms with van der Waals surface area (Å²) in [5.74, 6) is -1.53. The maximum Gasteiger partial charge on any atom is 0.301 e. The topological polar surface area (TPSA) is 113 Å². The van der Waals surface area contributed by atoms with Crippen molar-refractivity contribution in [2.75, 3.05) is 12.0 Å². The van der Waals surface area contributed by atoms with Gasteiger partial charge in [0.05, 0.1) is 18.7 Å². The summed E-state index contributed by atoms with van der Waals surface area (Å²) in [6, 6.07) is 11.1. The minimum absolute atomic E-state index is 0.113. The molecule has 0 aliphatic carbocycles. The van der Waals surface area contributed by atoms with E-state index in [1.165, 1.54) is 31.4 Å². The molecule has 0 saturated carbocycles. The molecule has 1 amide bonds. The van der Waals surface area contributed by atoms with Gasteiger partial charge in [0.15, 0.2) is 17.3 Å². The van der Waals surface area contributed by atoms with Gasteiger partial charge in [-0.05, 0) is 48.9 Å². The molecule has 158 valence electrons. The van der Waals surface area contributed by atoms with Crippen molar-refractivity contribution in [2.45, 2.75) is 13.0 Å². The van der Waals surface area contributed by atoms with Crippen LogP contribution in [0.15, 0.2) is 58.6 Å². The van der Waals surface area contributed by atoms with Gasteiger partial charge in [-0.3, -0.25) is 14.5 Å². The molecule has 2 aromatic carbocycles. The van der Waals surface area contributed by atoms with E-state index in [4.69, 9.17) is 20.9 Å². The molecular weight excluding hydrogens is 424 g/mol. The maximum absolute atomic E-state index is 13.0. The number of ketones is 1. The second-order valence-electron chi connectivity index (χ2n) is 6.90. The Labute approximate surface area is 181 Å². The van der Waals surface area contributed by atoms with E-state index in [1.54, 1.807) is 31.2 Å². The lowest BCUT2D eigenvalue weighted by Crippen LogP contribution is -2.29. The van der Waals surface area contributed by atoms with Gasteiger partial charge < -0.3 is 19.5 Å². The molecule has 4 rings (SSSR count). The van der Waals surface area contributed by atoms with E-state index in [9.17, 15) is 19.8 Å². The van der Waals surface area contributed by atoms with E-state index in [-0.39, 0.29) is 28.6 Å². The van der Waals surface area contributed by atoms with Crippen LogP contribution < -0.4 is 9.64 Å². The molecule has 3 aromatic rings. The average Bonchev–Trinajstić information content (AvgIpc) is 3.29. The summed E-state index contributed by atoms with van der Waals surface area (Å²) in [5, 5.41) is 25.3. The summed E-state index contributed by atoms with van der Waals surface area (Å²) in [6.45, 7) is 1.65. The number of benzene rings is 2. The van der Waals surface area contributed by atoms with Gasteiger partial charge in [-0.15, -0.1) is 0 Å². The van der Waals surface area contributed by atoms with E-state index in [2.05, 4.69) is 5.16 Å². The molecule has 1 atom stereocenters. The number of aliphatic hydroxyl groups excluding tert-OH is 1. The van der Waals surface area contributed by atoms with E-state index >= 15 is 0 Å². The number of hydrogen-bond donors (Lipinski definition) is 2. The summed E-state index contributed by atoms with van der Waals surface area (Å²) in [7, 11) is 1.38. The Morgan fingerprint density at radius 2 is 1.87 bits per heavy atom. The molecular formula is C22H17ClN2O6. The Hall–Kier alpha value is -3.78. The number of aliphatic hydroxyl groups is 1. The average molecular weight is 441 g/mol. The van der Waals surface area contributed by atoms with Crippen LogP contribution in [-0.2, 0) is 9.59 Å². The van der Waals surface area contributed by atoms with Crippen LogP contribution in [0.1, 0.15) is 22.9 Å². The highest BCUT2D eigenvalue weighted by Crippen LogP contribution is 2.43. The maximum atomic E-state index is 13.0. The van der Waals surface area contributed by atoms with Crippen molar-refractivity contribution >= 4 is 34.9 Å². The molecule has 1 aliphatic rings. The largest absolute Gasteiger partial charge is 0.507 e. The summed E-state index contributed by atoms with van der Waals surface area (Å²) < 4.78 is 10.3. The second-order valence-corrected chi connectivity index (χ2v) is 7.34. The normalized spacial score (nSPS) is 17.9. The first-order valence-corrected chi connectivity index (χ1v) is 9.56. The monoisotopic (exact) mass is 440 g/mol. The number of phenols is 1. The smallest absolute Gasteiger partial charge is 0.301 e. The van der Waals surface area contributed by atoms with Crippen LogP contribution in [0.25, 0.3) is 5.76 Å². The number of carbonyl (C=O) groups is 2. The van der Waals surface area contributed by atoms with Gasteiger partial charge in [-0.2, -0.15) is 0 Å². The fourth-order valence-electron chi connectivity index (χ4n) is 3.48. The van der Waals surface area contributed by atoms with Crippen molar-refractivity contribution in [3.8, 4) is 11.5 Å². The summed E-state index contributed by atoms with van der Waals surface area (Å²) in [6.07, 6.45) is 0. The van der Waals surface area contributed by atoms with Crippen molar-refractivity contribution in [3.05, 3.63) is 76.0 Å². The van der Waals surface area contributed by atoms with Crippen LogP contribution in [0, 0.1) is 6.92 Å². The van der Waals surface area contributed by atoms with Gasteiger partial charge in [-0.1, -0.05) is 22.8 Å². The molecule has 1 saturated heterocycles. The lowest BCUT2D eigenvalue weighted by molar-refractivity contribution is -0.132. The minimum Gasteiger partial charge on any atom is -0.507 e. The van der Waals surface area contributed by atoms with Crippen molar-refractivity contribution in [1.82, 2.24) is 5.16 Å². The number of ether oxygens (including phenoxy) is 1. The van der Waals surface area contributed by atoms with E-state index in [0.29, 0.717) is 21.9 Å². The first-order valence-electron chi connectivity index (χ1n) is 9.19. The Morgan fingerprint density at radius 3 is 2.48 bits per heavy atom. The zero-order valence-corrected chi connectivity index (χ0v) is 17.3. The van der Waals surface area contributed by atoms with E-state index in [0.717, 1.165) is 4.90 Å². The molecule has 1 fully saturated rings. The van der Waals surface area contributed by atoms with Crippen molar-refractivity contribution in [2.24, 2.45) is 0 Å². The number of anilines is 1. The number of Topliss-reactive ketones (excluding diaryl/α,β-unsaturated/α-hetero) is 1. The third kappa shape index (κ3) is 3.51. The van der Waals surface area contributed by atoms with Crippen LogP contribution in [0.3, 0.4) is 0 Å². The zero-order chi connectivity index (χ0) is 22.3. The molecule has 0 spiro atoms. The SMILES string of the molecule is COc1cc(C2C(=C(O)c3ccc(Cl)cc3)C(=O)C(=O)N2c2cc(C)on2)ccc1O. The van der Waals surface area contributed by atoms with Crippen LogP contribution in [-0.4, -0.2) is 34.2 Å². The summed E-state index contributed by atoms with van der Waals surface area (Å²) in [4.78, 5) is 27.1. The lowest BCUT2D eigenvalue weighted by Gasteiger charge is -2.23. The quantitative estimate of drug-likeness (QED) is 0.358. The third-order valence-electron chi connectivity index (χ3n) is 4.94. The van der Waals surface area contributed by atoms with Gasteiger partial charge >= 0.3 is 5.91 Å². The Morgan fingerprint density at radius 1 is 1.16 bits per heavy atom. The van der Waals surface area contributed by atoms with Gasteiger partial charge in [0.25, 0.3) is 5.78 Å². The van der Waals surface area contributed by atoms with Crippen LogP contribution in [0.4, 0.5) is 5.82 Å². The van der Waals surface area contributed by atoms with Gasteiger partial charge in [-0.25, -0.2) is 0 Å². The highest BCUT2D eigenvalue weighted by Gasteiger charge is 2.48. The molecule has 0 radical (unpaired) electrons. The van der Waals surface area contributed by atoms with Crippen molar-refractivity contribution in [3.63, 3.8) is 0 Å². The van der Waals surface area contributed by atoms with Crippen LogP contribution >= 0.6 is 11.6 Å². The minimum atomic E-state index is -1.03. The molecule has 2 heterocycles. The van der Waals surface area contributed by atoms with Gasteiger partial charge in [0.2, 0.25) is 0 Å². The zero-order valence-electron chi connectivity index (χ0n) is 16.5. The number of aryl methyl sites for hydroxylation is 1. The van der Waals surface area contributed by atoms with Gasteiger partial charge in [0.1, 0.15) is 11.5 Å². The van der Waals surface area contributed by atoms with E-state index < -0.39 is 17.7 Å². The molecule has 1 unspecified atom stereocenters. The number of aromatic nitrogens is 1. The van der Waals surface area contributed by atoms with Crippen LogP contribution in [0.2, 0.25) is 5.02 Å². The molecule has 31 heavy (non-hydrogen) atoms. The summed E-state index contributed by atoms with van der Waals surface area (Å²) in [5.41, 5.74) is 0.597. The number of carbonyl (C=O) groups excluding carboxylic acids is 2. The van der Waals surface area contributed by atoms with Gasteiger partial charge in [0, 0.05) is 16.7 Å².